The quantitative estimate of drug-likeness (QED) is 0.326. The number of nitrogens with one attached hydrogen (secondary N) is 2. The first-order chi connectivity index (χ1) is 18.6. The molecule has 4 aromatic heterocycles. The summed E-state index contributed by atoms with van der Waals surface area (Å²) in [5.74, 6) is 0.772. The van der Waals surface area contributed by atoms with Gasteiger partial charge in [-0.25, -0.2) is 9.97 Å². The summed E-state index contributed by atoms with van der Waals surface area (Å²) < 4.78 is 0. The molecule has 2 N–H and O–H groups in total. The fourth-order valence-electron chi connectivity index (χ4n) is 3.72. The Morgan fingerprint density at radius 3 is 2.58 bits per heavy atom. The maximum absolute atomic E-state index is 12.7. The van der Waals surface area contributed by atoms with Crippen LogP contribution in [0.4, 0.5) is 11.5 Å². The van der Waals surface area contributed by atoms with E-state index in [1.165, 1.54) is 0 Å². The summed E-state index contributed by atoms with van der Waals surface area (Å²) in [6.45, 7) is 2.20. The zero-order valence-corrected chi connectivity index (χ0v) is 20.5. The summed E-state index contributed by atoms with van der Waals surface area (Å²) >= 11 is 0. The minimum atomic E-state index is -0.294. The van der Waals surface area contributed by atoms with Crippen LogP contribution in [0.2, 0.25) is 0 Å². The van der Waals surface area contributed by atoms with Crippen LogP contribution in [0.25, 0.3) is 22.6 Å². The Balaban J connectivity index is 1.23. The van der Waals surface area contributed by atoms with Gasteiger partial charge in [0, 0.05) is 59.9 Å². The Morgan fingerprint density at radius 2 is 1.84 bits per heavy atom. The number of nitrogens with zero attached hydrogens (tertiary/aromatic N) is 6. The Hall–Kier alpha value is -5.49. The largest absolute Gasteiger partial charge is 0.347 e. The summed E-state index contributed by atoms with van der Waals surface area (Å²) in [5, 5.41) is 15.2. The fraction of sp³-hybridized carbons (Fsp3) is 0.0690. The Labute approximate surface area is 219 Å². The Bertz CT molecular complexity index is 1610. The topological polar surface area (TPSA) is 129 Å². The molecule has 0 unspecified atom stereocenters. The molecule has 0 saturated heterocycles. The van der Waals surface area contributed by atoms with E-state index in [-0.39, 0.29) is 11.6 Å². The molecule has 0 aliphatic carbocycles. The van der Waals surface area contributed by atoms with Crippen LogP contribution >= 0.6 is 0 Å². The molecular formula is C29H22N8O. The van der Waals surface area contributed by atoms with Gasteiger partial charge in [-0.2, -0.15) is 5.26 Å². The van der Waals surface area contributed by atoms with Crippen molar-refractivity contribution in [3.63, 3.8) is 0 Å². The third kappa shape index (κ3) is 5.83. The standard InChI is InChI=1S/C29H22N8O/c1-19-12-27(36-24-6-2-4-20(13-24)14-30)37-28(35-19)23-8-10-26(33-18-23)29(38)34-16-21-7-9-25(32-15-21)22-5-3-11-31-17-22/h2-13,15,17-18H,16H2,1H3,(H,34,38)(H,35,36,37). The van der Waals surface area contributed by atoms with Gasteiger partial charge in [-0.3, -0.25) is 19.7 Å². The molecule has 0 radical (unpaired) electrons. The molecular weight excluding hydrogens is 476 g/mol. The molecule has 5 aromatic rings. The molecule has 38 heavy (non-hydrogen) atoms. The van der Waals surface area contributed by atoms with Gasteiger partial charge < -0.3 is 10.6 Å². The van der Waals surface area contributed by atoms with Gasteiger partial charge in [0.2, 0.25) is 0 Å². The molecule has 1 amide bonds. The van der Waals surface area contributed by atoms with Crippen LogP contribution in [0, 0.1) is 18.3 Å². The second-order valence-corrected chi connectivity index (χ2v) is 8.44. The molecule has 0 atom stereocenters. The van der Waals surface area contributed by atoms with Gasteiger partial charge in [0.15, 0.2) is 5.82 Å². The van der Waals surface area contributed by atoms with Crippen LogP contribution in [0.1, 0.15) is 27.3 Å². The highest BCUT2D eigenvalue weighted by Gasteiger charge is 2.11. The van der Waals surface area contributed by atoms with Gasteiger partial charge in [-0.1, -0.05) is 12.1 Å². The van der Waals surface area contributed by atoms with Crippen molar-refractivity contribution in [1.82, 2.24) is 30.2 Å². The Morgan fingerprint density at radius 1 is 0.921 bits per heavy atom. The van der Waals surface area contributed by atoms with Crippen molar-refractivity contribution in [2.45, 2.75) is 13.5 Å². The van der Waals surface area contributed by atoms with Crippen molar-refractivity contribution < 1.29 is 4.79 Å². The van der Waals surface area contributed by atoms with E-state index in [0.717, 1.165) is 28.2 Å². The highest BCUT2D eigenvalue weighted by molar-refractivity contribution is 5.92. The number of amides is 1. The van der Waals surface area contributed by atoms with E-state index in [4.69, 9.17) is 5.26 Å². The number of rotatable bonds is 7. The van der Waals surface area contributed by atoms with E-state index < -0.39 is 0 Å². The van der Waals surface area contributed by atoms with Crippen molar-refractivity contribution in [2.24, 2.45) is 0 Å². The summed E-state index contributed by atoms with van der Waals surface area (Å²) in [5.41, 5.74) is 5.65. The lowest BCUT2D eigenvalue weighted by molar-refractivity contribution is 0.0946. The average Bonchev–Trinajstić information content (AvgIpc) is 2.96. The van der Waals surface area contributed by atoms with E-state index >= 15 is 0 Å². The number of hydrogen-bond acceptors (Lipinski definition) is 8. The van der Waals surface area contributed by atoms with E-state index in [2.05, 4.69) is 41.6 Å². The predicted molar refractivity (Wildman–Crippen MR) is 143 cm³/mol. The molecule has 5 rings (SSSR count). The molecule has 184 valence electrons. The van der Waals surface area contributed by atoms with E-state index in [9.17, 15) is 4.79 Å². The van der Waals surface area contributed by atoms with Crippen LogP contribution in [0.3, 0.4) is 0 Å². The van der Waals surface area contributed by atoms with Gasteiger partial charge >= 0.3 is 0 Å². The monoisotopic (exact) mass is 498 g/mol. The lowest BCUT2D eigenvalue weighted by Gasteiger charge is -2.09. The molecule has 0 spiro atoms. The van der Waals surface area contributed by atoms with Crippen molar-refractivity contribution >= 4 is 17.4 Å². The third-order valence-corrected chi connectivity index (χ3v) is 5.61. The molecule has 9 nitrogen and oxygen atoms in total. The first-order valence-electron chi connectivity index (χ1n) is 11.8. The lowest BCUT2D eigenvalue weighted by Crippen LogP contribution is -2.23. The number of aromatic nitrogens is 5. The summed E-state index contributed by atoms with van der Waals surface area (Å²) in [7, 11) is 0. The number of nitriles is 1. The second-order valence-electron chi connectivity index (χ2n) is 8.44. The maximum atomic E-state index is 12.7. The number of aryl methyl sites for hydroxylation is 1. The van der Waals surface area contributed by atoms with E-state index in [1.54, 1.807) is 55.1 Å². The van der Waals surface area contributed by atoms with Crippen LogP contribution in [0.15, 0.2) is 91.5 Å². The van der Waals surface area contributed by atoms with Gasteiger partial charge in [0.1, 0.15) is 11.5 Å². The molecule has 1 aromatic carbocycles. The number of anilines is 2. The summed E-state index contributed by atoms with van der Waals surface area (Å²) in [6, 6.07) is 22.1. The van der Waals surface area contributed by atoms with E-state index in [0.29, 0.717) is 29.3 Å². The van der Waals surface area contributed by atoms with Crippen molar-refractivity contribution in [3.05, 3.63) is 114 Å². The molecule has 0 bridgehead atoms. The zero-order valence-electron chi connectivity index (χ0n) is 20.5. The minimum Gasteiger partial charge on any atom is -0.347 e. The second kappa shape index (κ2) is 11.1. The SMILES string of the molecule is Cc1cc(Nc2cccc(C#N)c2)nc(-c2ccc(C(=O)NCc3ccc(-c4cccnc4)nc3)nc2)n1. The summed E-state index contributed by atoms with van der Waals surface area (Å²) in [4.78, 5) is 34.6. The van der Waals surface area contributed by atoms with Gasteiger partial charge in [0.25, 0.3) is 5.91 Å². The van der Waals surface area contributed by atoms with Gasteiger partial charge in [-0.15, -0.1) is 0 Å². The van der Waals surface area contributed by atoms with Crippen LogP contribution in [-0.2, 0) is 6.54 Å². The number of hydrogen-bond donors (Lipinski definition) is 2. The first-order valence-corrected chi connectivity index (χ1v) is 11.8. The molecule has 0 aliphatic rings. The minimum absolute atomic E-state index is 0.285. The molecule has 0 aliphatic heterocycles. The maximum Gasteiger partial charge on any atom is 0.270 e. The van der Waals surface area contributed by atoms with Crippen molar-refractivity contribution in [1.29, 1.82) is 5.26 Å². The number of carbonyl (C=O) groups is 1. The lowest BCUT2D eigenvalue weighted by atomic mass is 10.1. The smallest absolute Gasteiger partial charge is 0.270 e. The predicted octanol–water partition coefficient (Wildman–Crippen LogP) is 4.85. The Kier molecular flexibility index (Phi) is 7.04. The van der Waals surface area contributed by atoms with E-state index in [1.807, 2.05) is 43.3 Å². The van der Waals surface area contributed by atoms with Crippen LogP contribution in [-0.4, -0.2) is 30.8 Å². The number of pyridine rings is 3. The highest BCUT2D eigenvalue weighted by Crippen LogP contribution is 2.21. The average molecular weight is 499 g/mol. The highest BCUT2D eigenvalue weighted by atomic mass is 16.1. The number of carbonyl (C=O) groups excluding carboxylic acids is 1. The van der Waals surface area contributed by atoms with Gasteiger partial charge in [-0.05, 0) is 61.0 Å². The normalized spacial score (nSPS) is 10.4. The fourth-order valence-corrected chi connectivity index (χ4v) is 3.72. The third-order valence-electron chi connectivity index (χ3n) is 5.61. The molecule has 4 heterocycles. The number of benzene rings is 1. The van der Waals surface area contributed by atoms with Crippen LogP contribution in [0.5, 0.6) is 0 Å². The molecule has 0 fully saturated rings. The van der Waals surface area contributed by atoms with Gasteiger partial charge in [0.05, 0.1) is 17.3 Å². The zero-order chi connectivity index (χ0) is 26.3. The first kappa shape index (κ1) is 24.2. The van der Waals surface area contributed by atoms with Crippen molar-refractivity contribution in [2.75, 3.05) is 5.32 Å². The van der Waals surface area contributed by atoms with Crippen LogP contribution < -0.4 is 10.6 Å². The molecule has 0 saturated carbocycles. The summed E-state index contributed by atoms with van der Waals surface area (Å²) in [6.07, 6.45) is 6.78. The molecule has 9 heteroatoms. The van der Waals surface area contributed by atoms with Crippen molar-refractivity contribution in [3.8, 4) is 28.7 Å².